The Morgan fingerprint density at radius 2 is 1.67 bits per heavy atom. The van der Waals surface area contributed by atoms with E-state index in [0.717, 1.165) is 36.8 Å². The van der Waals surface area contributed by atoms with Crippen molar-refractivity contribution in [3.05, 3.63) is 65.2 Å². The summed E-state index contributed by atoms with van der Waals surface area (Å²) in [6, 6.07) is 18.7. The van der Waals surface area contributed by atoms with Crippen LogP contribution in [0.15, 0.2) is 54.6 Å². The van der Waals surface area contributed by atoms with Crippen LogP contribution < -0.4 is 10.6 Å². The molecule has 2 aromatic rings. The summed E-state index contributed by atoms with van der Waals surface area (Å²) in [6.07, 6.45) is 1.15. The van der Waals surface area contributed by atoms with Crippen molar-refractivity contribution in [2.75, 3.05) is 25.0 Å². The van der Waals surface area contributed by atoms with Gasteiger partial charge < -0.3 is 10.6 Å². The van der Waals surface area contributed by atoms with E-state index in [0.29, 0.717) is 11.8 Å². The molecule has 21 heavy (non-hydrogen) atoms. The van der Waals surface area contributed by atoms with Crippen molar-refractivity contribution in [1.29, 1.82) is 0 Å². The SMILES string of the molecule is Clc1ccc(NC[C@@H]2CNC[C@@H]2Cc2ccccc2)cc1. The van der Waals surface area contributed by atoms with Gasteiger partial charge in [0.25, 0.3) is 0 Å². The van der Waals surface area contributed by atoms with Gasteiger partial charge in [-0.2, -0.15) is 0 Å². The van der Waals surface area contributed by atoms with Crippen molar-refractivity contribution in [2.24, 2.45) is 11.8 Å². The Labute approximate surface area is 131 Å². The van der Waals surface area contributed by atoms with E-state index < -0.39 is 0 Å². The average Bonchev–Trinajstić information content (AvgIpc) is 2.95. The number of anilines is 1. The van der Waals surface area contributed by atoms with Crippen molar-refractivity contribution >= 4 is 17.3 Å². The van der Waals surface area contributed by atoms with Crippen molar-refractivity contribution in [3.8, 4) is 0 Å². The van der Waals surface area contributed by atoms with Gasteiger partial charge in [0.1, 0.15) is 0 Å². The van der Waals surface area contributed by atoms with Gasteiger partial charge in [0.05, 0.1) is 0 Å². The lowest BCUT2D eigenvalue weighted by molar-refractivity contribution is 0.435. The predicted octanol–water partition coefficient (Wildman–Crippen LogP) is 3.83. The third-order valence-corrected chi connectivity index (χ3v) is 4.49. The van der Waals surface area contributed by atoms with Crippen LogP contribution in [0.1, 0.15) is 5.56 Å². The van der Waals surface area contributed by atoms with Crippen molar-refractivity contribution in [2.45, 2.75) is 6.42 Å². The fourth-order valence-electron chi connectivity index (χ4n) is 3.00. The lowest BCUT2D eigenvalue weighted by Gasteiger charge is -2.19. The van der Waals surface area contributed by atoms with Gasteiger partial charge in [0.2, 0.25) is 0 Å². The molecule has 3 heteroatoms. The molecule has 2 atom stereocenters. The Morgan fingerprint density at radius 3 is 2.43 bits per heavy atom. The summed E-state index contributed by atoms with van der Waals surface area (Å²) in [4.78, 5) is 0. The van der Waals surface area contributed by atoms with Crippen LogP contribution in [0.25, 0.3) is 0 Å². The van der Waals surface area contributed by atoms with E-state index in [1.54, 1.807) is 0 Å². The smallest absolute Gasteiger partial charge is 0.0407 e. The zero-order chi connectivity index (χ0) is 14.5. The maximum atomic E-state index is 5.91. The number of halogens is 1. The molecule has 1 fully saturated rings. The first kappa shape index (κ1) is 14.4. The normalized spacial score (nSPS) is 21.4. The van der Waals surface area contributed by atoms with Gasteiger partial charge in [-0.3, -0.25) is 0 Å². The van der Waals surface area contributed by atoms with Gasteiger partial charge in [0.15, 0.2) is 0 Å². The summed E-state index contributed by atoms with van der Waals surface area (Å²) in [5, 5.41) is 7.84. The third kappa shape index (κ3) is 3.99. The van der Waals surface area contributed by atoms with Crippen LogP contribution in [0.3, 0.4) is 0 Å². The number of rotatable bonds is 5. The monoisotopic (exact) mass is 300 g/mol. The van der Waals surface area contributed by atoms with Crippen molar-refractivity contribution in [1.82, 2.24) is 5.32 Å². The highest BCUT2D eigenvalue weighted by molar-refractivity contribution is 6.30. The summed E-state index contributed by atoms with van der Waals surface area (Å²) < 4.78 is 0. The van der Waals surface area contributed by atoms with E-state index in [9.17, 15) is 0 Å². The van der Waals surface area contributed by atoms with Crippen LogP contribution in [0.4, 0.5) is 5.69 Å². The highest BCUT2D eigenvalue weighted by Gasteiger charge is 2.26. The van der Waals surface area contributed by atoms with Crippen LogP contribution in [0, 0.1) is 11.8 Å². The van der Waals surface area contributed by atoms with Crippen LogP contribution in [-0.2, 0) is 6.42 Å². The molecular formula is C18H21ClN2. The second-order valence-electron chi connectivity index (χ2n) is 5.76. The van der Waals surface area contributed by atoms with Crippen LogP contribution in [-0.4, -0.2) is 19.6 Å². The molecule has 0 unspecified atom stereocenters. The molecule has 0 spiro atoms. The minimum Gasteiger partial charge on any atom is -0.385 e. The first-order valence-corrected chi connectivity index (χ1v) is 7.93. The van der Waals surface area contributed by atoms with Gasteiger partial charge in [-0.25, -0.2) is 0 Å². The largest absolute Gasteiger partial charge is 0.385 e. The molecule has 1 heterocycles. The van der Waals surface area contributed by atoms with Crippen molar-refractivity contribution < 1.29 is 0 Å². The van der Waals surface area contributed by atoms with E-state index in [-0.39, 0.29) is 0 Å². The molecule has 1 aliphatic rings. The van der Waals surface area contributed by atoms with Gasteiger partial charge in [-0.15, -0.1) is 0 Å². The van der Waals surface area contributed by atoms with Gasteiger partial charge in [0, 0.05) is 17.3 Å². The van der Waals surface area contributed by atoms with E-state index in [1.165, 1.54) is 5.56 Å². The number of benzene rings is 2. The minimum atomic E-state index is 0.667. The van der Waals surface area contributed by atoms with E-state index in [1.807, 2.05) is 24.3 Å². The maximum absolute atomic E-state index is 5.91. The van der Waals surface area contributed by atoms with E-state index in [4.69, 9.17) is 11.6 Å². The molecule has 2 N–H and O–H groups in total. The summed E-state index contributed by atoms with van der Waals surface area (Å²) in [5.74, 6) is 1.37. The Kier molecular flexibility index (Phi) is 4.79. The minimum absolute atomic E-state index is 0.667. The number of hydrogen-bond donors (Lipinski definition) is 2. The molecule has 0 amide bonds. The molecule has 2 nitrogen and oxygen atoms in total. The Balaban J connectivity index is 1.55. The zero-order valence-corrected chi connectivity index (χ0v) is 12.8. The van der Waals surface area contributed by atoms with Gasteiger partial charge in [-0.1, -0.05) is 41.9 Å². The van der Waals surface area contributed by atoms with Crippen LogP contribution in [0.5, 0.6) is 0 Å². The summed E-state index contributed by atoms with van der Waals surface area (Å²) in [6.45, 7) is 3.21. The Hall–Kier alpha value is -1.51. The first-order chi connectivity index (χ1) is 10.3. The molecule has 2 aromatic carbocycles. The summed E-state index contributed by atoms with van der Waals surface area (Å²) >= 11 is 5.91. The summed E-state index contributed by atoms with van der Waals surface area (Å²) in [7, 11) is 0. The molecule has 1 saturated heterocycles. The molecule has 110 valence electrons. The van der Waals surface area contributed by atoms with Crippen molar-refractivity contribution in [3.63, 3.8) is 0 Å². The molecule has 0 bridgehead atoms. The molecular weight excluding hydrogens is 280 g/mol. The van der Waals surface area contributed by atoms with Crippen LogP contribution in [0.2, 0.25) is 5.02 Å². The molecule has 3 rings (SSSR count). The Bertz CT molecular complexity index is 553. The van der Waals surface area contributed by atoms with Gasteiger partial charge >= 0.3 is 0 Å². The molecule has 1 aliphatic heterocycles. The lowest BCUT2D eigenvalue weighted by atomic mass is 9.89. The fourth-order valence-corrected chi connectivity index (χ4v) is 3.12. The lowest BCUT2D eigenvalue weighted by Crippen LogP contribution is -2.23. The standard InChI is InChI=1S/C18H21ClN2/c19-17-6-8-18(9-7-17)21-13-16-12-20-11-15(16)10-14-4-2-1-3-5-14/h1-9,15-16,20-21H,10-13H2/t15-,16-/m0/s1. The van der Waals surface area contributed by atoms with E-state index >= 15 is 0 Å². The highest BCUT2D eigenvalue weighted by atomic mass is 35.5. The van der Waals surface area contributed by atoms with E-state index in [2.05, 4.69) is 41.0 Å². The zero-order valence-electron chi connectivity index (χ0n) is 12.1. The molecule has 0 aromatic heterocycles. The molecule has 0 saturated carbocycles. The fraction of sp³-hybridized carbons (Fsp3) is 0.333. The summed E-state index contributed by atoms with van der Waals surface area (Å²) in [5.41, 5.74) is 2.58. The average molecular weight is 301 g/mol. The number of nitrogens with one attached hydrogen (secondary N) is 2. The maximum Gasteiger partial charge on any atom is 0.0407 e. The second kappa shape index (κ2) is 6.97. The quantitative estimate of drug-likeness (QED) is 0.877. The van der Waals surface area contributed by atoms with Gasteiger partial charge in [-0.05, 0) is 61.2 Å². The topological polar surface area (TPSA) is 24.1 Å². The predicted molar refractivity (Wildman–Crippen MR) is 89.9 cm³/mol. The highest BCUT2D eigenvalue weighted by Crippen LogP contribution is 2.22. The first-order valence-electron chi connectivity index (χ1n) is 7.55. The third-order valence-electron chi connectivity index (χ3n) is 4.23. The molecule has 0 aliphatic carbocycles. The number of hydrogen-bond acceptors (Lipinski definition) is 2. The van der Waals surface area contributed by atoms with Crippen LogP contribution >= 0.6 is 11.6 Å². The second-order valence-corrected chi connectivity index (χ2v) is 6.19. The Morgan fingerprint density at radius 1 is 0.952 bits per heavy atom. The molecule has 0 radical (unpaired) electrons.